The molecule has 0 radical (unpaired) electrons. The van der Waals surface area contributed by atoms with E-state index in [2.05, 4.69) is 28.1 Å². The van der Waals surface area contributed by atoms with Crippen molar-refractivity contribution in [1.29, 1.82) is 0 Å². The molecule has 1 aromatic carbocycles. The van der Waals surface area contributed by atoms with Gasteiger partial charge in [-0.05, 0) is 49.4 Å². The first-order valence-corrected chi connectivity index (χ1v) is 9.76. The average Bonchev–Trinajstić information content (AvgIpc) is 3.26. The molecule has 1 saturated carbocycles. The van der Waals surface area contributed by atoms with Crippen LogP contribution in [0.3, 0.4) is 0 Å². The monoisotopic (exact) mass is 375 g/mol. The van der Waals surface area contributed by atoms with Gasteiger partial charge in [-0.25, -0.2) is 0 Å². The number of anilines is 2. The Hall–Kier alpha value is -3.08. The summed E-state index contributed by atoms with van der Waals surface area (Å²) in [4.78, 5) is 11.2. The van der Waals surface area contributed by atoms with Crippen LogP contribution in [-0.4, -0.2) is 23.2 Å². The molecule has 1 aliphatic rings. The number of hydrogen-bond acceptors (Lipinski definition) is 5. The van der Waals surface area contributed by atoms with Gasteiger partial charge in [0.1, 0.15) is 17.7 Å². The molecule has 0 amide bonds. The number of hydrogen-bond donors (Lipinski definition) is 0. The van der Waals surface area contributed by atoms with Gasteiger partial charge in [0.2, 0.25) is 5.88 Å². The van der Waals surface area contributed by atoms with Crippen LogP contribution in [0.15, 0.2) is 67.0 Å². The molecule has 0 spiro atoms. The van der Waals surface area contributed by atoms with E-state index in [1.165, 1.54) is 12.8 Å². The number of benzene rings is 1. The van der Waals surface area contributed by atoms with Crippen molar-refractivity contribution in [2.45, 2.75) is 38.3 Å². The van der Waals surface area contributed by atoms with E-state index in [0.717, 1.165) is 35.7 Å². The molecule has 0 unspecified atom stereocenters. The third-order valence-electron chi connectivity index (χ3n) is 5.00. The van der Waals surface area contributed by atoms with Gasteiger partial charge in [0.25, 0.3) is 0 Å². The van der Waals surface area contributed by atoms with Crippen LogP contribution >= 0.6 is 0 Å². The molecule has 5 nitrogen and oxygen atoms in total. The number of aromatic nitrogens is 2. The number of pyridine rings is 2. The summed E-state index contributed by atoms with van der Waals surface area (Å²) in [7, 11) is 1.67. The first-order chi connectivity index (χ1) is 13.8. The molecule has 0 atom stereocenters. The fourth-order valence-corrected chi connectivity index (χ4v) is 3.55. The van der Waals surface area contributed by atoms with Crippen LogP contribution in [0.25, 0.3) is 0 Å². The van der Waals surface area contributed by atoms with Crippen LogP contribution in [0.1, 0.15) is 31.2 Å². The first-order valence-electron chi connectivity index (χ1n) is 9.76. The smallest absolute Gasteiger partial charge is 0.219 e. The second-order valence-electron chi connectivity index (χ2n) is 7.01. The molecular formula is C23H25N3O2. The quantitative estimate of drug-likeness (QED) is 0.572. The lowest BCUT2D eigenvalue weighted by molar-refractivity contribution is 0.200. The Bertz CT molecular complexity index is 881. The summed E-state index contributed by atoms with van der Waals surface area (Å²) in [5.41, 5.74) is 2.16. The summed E-state index contributed by atoms with van der Waals surface area (Å²) in [5.74, 6) is 2.15. The van der Waals surface area contributed by atoms with Gasteiger partial charge in [-0.15, -0.1) is 0 Å². The minimum atomic E-state index is 0.246. The molecule has 4 rings (SSSR count). The van der Waals surface area contributed by atoms with Crippen molar-refractivity contribution in [1.82, 2.24) is 9.97 Å². The van der Waals surface area contributed by atoms with Crippen LogP contribution in [0.2, 0.25) is 0 Å². The SMILES string of the molecule is COc1cc(OC2CCCC2)nc(N(Cc2cccnc2)c2ccccc2)c1. The zero-order valence-electron chi connectivity index (χ0n) is 16.1. The summed E-state index contributed by atoms with van der Waals surface area (Å²) in [6.07, 6.45) is 8.53. The number of nitrogens with zero attached hydrogens (tertiary/aromatic N) is 3. The number of ether oxygens (including phenoxy) is 2. The van der Waals surface area contributed by atoms with Crippen molar-refractivity contribution in [3.05, 3.63) is 72.6 Å². The van der Waals surface area contributed by atoms with E-state index in [1.807, 2.05) is 42.6 Å². The summed E-state index contributed by atoms with van der Waals surface area (Å²) in [6.45, 7) is 0.654. The Morgan fingerprint density at radius 1 is 1.04 bits per heavy atom. The number of methoxy groups -OCH3 is 1. The topological polar surface area (TPSA) is 47.5 Å². The lowest BCUT2D eigenvalue weighted by Crippen LogP contribution is -2.19. The molecule has 28 heavy (non-hydrogen) atoms. The zero-order valence-corrected chi connectivity index (χ0v) is 16.1. The maximum absolute atomic E-state index is 6.16. The predicted octanol–water partition coefficient (Wildman–Crippen LogP) is 5.14. The van der Waals surface area contributed by atoms with E-state index in [0.29, 0.717) is 12.4 Å². The van der Waals surface area contributed by atoms with Crippen LogP contribution in [0.5, 0.6) is 11.6 Å². The van der Waals surface area contributed by atoms with Gasteiger partial charge in [-0.2, -0.15) is 4.98 Å². The van der Waals surface area contributed by atoms with Crippen LogP contribution in [-0.2, 0) is 6.54 Å². The highest BCUT2D eigenvalue weighted by Crippen LogP contribution is 2.32. The van der Waals surface area contributed by atoms with Crippen molar-refractivity contribution in [3.8, 4) is 11.6 Å². The van der Waals surface area contributed by atoms with E-state index in [4.69, 9.17) is 14.5 Å². The number of para-hydroxylation sites is 1. The molecule has 5 heteroatoms. The fourth-order valence-electron chi connectivity index (χ4n) is 3.55. The first kappa shape index (κ1) is 18.3. The van der Waals surface area contributed by atoms with Gasteiger partial charge in [-0.3, -0.25) is 4.98 Å². The van der Waals surface area contributed by atoms with Gasteiger partial charge in [0.05, 0.1) is 13.7 Å². The van der Waals surface area contributed by atoms with Crippen LogP contribution in [0, 0.1) is 0 Å². The second-order valence-corrected chi connectivity index (χ2v) is 7.01. The molecule has 0 aliphatic heterocycles. The summed E-state index contributed by atoms with van der Waals surface area (Å²) >= 11 is 0. The number of rotatable bonds is 7. The molecule has 0 saturated heterocycles. The maximum atomic E-state index is 6.16. The molecule has 3 aromatic rings. The van der Waals surface area contributed by atoms with Crippen molar-refractivity contribution in [3.63, 3.8) is 0 Å². The fraction of sp³-hybridized carbons (Fsp3) is 0.304. The Morgan fingerprint density at radius 2 is 1.86 bits per heavy atom. The molecular weight excluding hydrogens is 350 g/mol. The van der Waals surface area contributed by atoms with Crippen molar-refractivity contribution >= 4 is 11.5 Å². The Kier molecular flexibility index (Phi) is 5.71. The van der Waals surface area contributed by atoms with Crippen molar-refractivity contribution < 1.29 is 9.47 Å². The molecule has 1 aliphatic carbocycles. The summed E-state index contributed by atoms with van der Waals surface area (Å²) < 4.78 is 11.7. The minimum Gasteiger partial charge on any atom is -0.496 e. The molecule has 144 valence electrons. The third-order valence-corrected chi connectivity index (χ3v) is 5.00. The predicted molar refractivity (Wildman–Crippen MR) is 110 cm³/mol. The maximum Gasteiger partial charge on any atom is 0.219 e. The van der Waals surface area contributed by atoms with E-state index in [9.17, 15) is 0 Å². The summed E-state index contributed by atoms with van der Waals surface area (Å²) in [6, 6.07) is 18.1. The van der Waals surface area contributed by atoms with E-state index < -0.39 is 0 Å². The van der Waals surface area contributed by atoms with E-state index >= 15 is 0 Å². The van der Waals surface area contributed by atoms with Crippen molar-refractivity contribution in [2.75, 3.05) is 12.0 Å². The van der Waals surface area contributed by atoms with Gasteiger partial charge in [-0.1, -0.05) is 24.3 Å². The Labute approximate surface area is 166 Å². The van der Waals surface area contributed by atoms with Gasteiger partial charge >= 0.3 is 0 Å². The zero-order chi connectivity index (χ0) is 19.2. The van der Waals surface area contributed by atoms with Crippen LogP contribution in [0.4, 0.5) is 11.5 Å². The second kappa shape index (κ2) is 8.74. The highest BCUT2D eigenvalue weighted by molar-refractivity contribution is 5.62. The standard InChI is InChI=1S/C23H25N3O2/c1-27-21-14-22(25-23(15-21)28-20-11-5-6-12-20)26(19-9-3-2-4-10-19)17-18-8-7-13-24-16-18/h2-4,7-10,13-16,20H,5-6,11-12,17H2,1H3. The average molecular weight is 375 g/mol. The Balaban J connectivity index is 1.69. The van der Waals surface area contributed by atoms with Crippen molar-refractivity contribution in [2.24, 2.45) is 0 Å². The van der Waals surface area contributed by atoms with Gasteiger partial charge in [0, 0.05) is 30.2 Å². The molecule has 1 fully saturated rings. The van der Waals surface area contributed by atoms with E-state index in [1.54, 1.807) is 13.3 Å². The lowest BCUT2D eigenvalue weighted by Gasteiger charge is -2.25. The highest BCUT2D eigenvalue weighted by Gasteiger charge is 2.19. The third kappa shape index (κ3) is 4.42. The molecule has 2 aromatic heterocycles. The molecule has 0 N–H and O–H groups in total. The van der Waals surface area contributed by atoms with E-state index in [-0.39, 0.29) is 6.10 Å². The highest BCUT2D eigenvalue weighted by atomic mass is 16.5. The van der Waals surface area contributed by atoms with Crippen LogP contribution < -0.4 is 14.4 Å². The normalized spacial score (nSPS) is 14.0. The lowest BCUT2D eigenvalue weighted by atomic mass is 10.2. The largest absolute Gasteiger partial charge is 0.496 e. The van der Waals surface area contributed by atoms with Gasteiger partial charge in [0.15, 0.2) is 0 Å². The summed E-state index contributed by atoms with van der Waals surface area (Å²) in [5, 5.41) is 0. The molecule has 2 heterocycles. The molecule has 0 bridgehead atoms. The Morgan fingerprint density at radius 3 is 2.57 bits per heavy atom. The van der Waals surface area contributed by atoms with Gasteiger partial charge < -0.3 is 14.4 Å². The minimum absolute atomic E-state index is 0.246.